The summed E-state index contributed by atoms with van der Waals surface area (Å²) in [6.07, 6.45) is 1.51. The molecule has 2 heterocycles. The number of nitrogens with zero attached hydrogens (tertiary/aromatic N) is 1. The standard InChI is InChI=1S/C10H15ClN4OS/c11-6-3-7(10(12)14-4-6)9(15-13)8-5-17-2-1-16-8/h3-4,8-9,15H,1-2,5,13H2,(H2,12,14). The van der Waals surface area contributed by atoms with E-state index in [0.29, 0.717) is 10.8 Å². The quantitative estimate of drug-likeness (QED) is 0.562. The minimum absolute atomic E-state index is 0.0127. The number of nitrogen functional groups attached to an aromatic ring is 1. The normalized spacial score (nSPS) is 22.4. The van der Waals surface area contributed by atoms with Crippen LogP contribution in [0, 0.1) is 0 Å². The first-order valence-corrected chi connectivity index (χ1v) is 6.82. The lowest BCUT2D eigenvalue weighted by Crippen LogP contribution is -2.41. The second kappa shape index (κ2) is 5.88. The van der Waals surface area contributed by atoms with Crippen LogP contribution in [-0.4, -0.2) is 29.2 Å². The van der Waals surface area contributed by atoms with Gasteiger partial charge in [-0.05, 0) is 6.07 Å². The summed E-state index contributed by atoms with van der Waals surface area (Å²) in [6, 6.07) is 1.59. The zero-order valence-corrected chi connectivity index (χ0v) is 10.8. The molecule has 1 aliphatic rings. The molecule has 1 aromatic heterocycles. The van der Waals surface area contributed by atoms with Crippen molar-refractivity contribution in [1.82, 2.24) is 10.4 Å². The summed E-state index contributed by atoms with van der Waals surface area (Å²) in [5, 5.41) is 0.540. The van der Waals surface area contributed by atoms with E-state index in [0.717, 1.165) is 23.7 Å². The lowest BCUT2D eigenvalue weighted by atomic mass is 10.0. The number of anilines is 1. The predicted molar refractivity (Wildman–Crippen MR) is 70.8 cm³/mol. The molecule has 0 saturated carbocycles. The number of aromatic nitrogens is 1. The molecule has 2 unspecified atom stereocenters. The molecule has 0 radical (unpaired) electrons. The van der Waals surface area contributed by atoms with E-state index >= 15 is 0 Å². The number of nitrogens with one attached hydrogen (secondary N) is 1. The Bertz CT molecular complexity index is 387. The first kappa shape index (κ1) is 12.9. The lowest BCUT2D eigenvalue weighted by molar-refractivity contribution is 0.0469. The van der Waals surface area contributed by atoms with Crippen molar-refractivity contribution >= 4 is 29.2 Å². The average Bonchev–Trinajstić information content (AvgIpc) is 2.36. The van der Waals surface area contributed by atoms with E-state index in [2.05, 4.69) is 10.4 Å². The second-order valence-electron chi connectivity index (χ2n) is 3.76. The Hall–Kier alpha value is -0.530. The predicted octanol–water partition coefficient (Wildman–Crippen LogP) is 0.954. The van der Waals surface area contributed by atoms with Gasteiger partial charge < -0.3 is 10.5 Å². The van der Waals surface area contributed by atoms with Gasteiger partial charge in [0.1, 0.15) is 5.82 Å². The molecule has 0 aliphatic carbocycles. The highest BCUT2D eigenvalue weighted by Crippen LogP contribution is 2.29. The molecule has 1 aromatic rings. The van der Waals surface area contributed by atoms with Gasteiger partial charge in [0, 0.05) is 23.3 Å². The number of rotatable bonds is 3. The average molecular weight is 275 g/mol. The van der Waals surface area contributed by atoms with Gasteiger partial charge in [0.15, 0.2) is 0 Å². The highest BCUT2D eigenvalue weighted by molar-refractivity contribution is 7.99. The zero-order valence-electron chi connectivity index (χ0n) is 9.23. The summed E-state index contributed by atoms with van der Waals surface area (Å²) in [4.78, 5) is 4.03. The van der Waals surface area contributed by atoms with Crippen molar-refractivity contribution in [1.29, 1.82) is 0 Å². The minimum atomic E-state index is -0.186. The molecule has 0 aromatic carbocycles. The maximum absolute atomic E-state index is 5.92. The van der Waals surface area contributed by atoms with Crippen molar-refractivity contribution in [3.63, 3.8) is 0 Å². The molecule has 1 fully saturated rings. The fraction of sp³-hybridized carbons (Fsp3) is 0.500. The first-order valence-electron chi connectivity index (χ1n) is 5.28. The van der Waals surface area contributed by atoms with Gasteiger partial charge in [-0.25, -0.2) is 4.98 Å². The minimum Gasteiger partial charge on any atom is -0.383 e. The summed E-state index contributed by atoms with van der Waals surface area (Å²) in [5.41, 5.74) is 9.37. The molecule has 94 valence electrons. The molecule has 0 spiro atoms. The number of hydrazine groups is 1. The number of halogens is 1. The highest BCUT2D eigenvalue weighted by atomic mass is 35.5. The summed E-state index contributed by atoms with van der Waals surface area (Å²) in [7, 11) is 0. The molecular formula is C10H15ClN4OS. The van der Waals surface area contributed by atoms with Crippen molar-refractivity contribution < 1.29 is 4.74 Å². The fourth-order valence-electron chi connectivity index (χ4n) is 1.81. The van der Waals surface area contributed by atoms with Crippen LogP contribution in [0.4, 0.5) is 5.82 Å². The van der Waals surface area contributed by atoms with Gasteiger partial charge in [0.25, 0.3) is 0 Å². The van der Waals surface area contributed by atoms with E-state index in [1.54, 1.807) is 6.07 Å². The Balaban J connectivity index is 2.24. The van der Waals surface area contributed by atoms with Crippen LogP contribution in [0.25, 0.3) is 0 Å². The van der Waals surface area contributed by atoms with Crippen LogP contribution < -0.4 is 17.0 Å². The number of hydrogen-bond donors (Lipinski definition) is 3. The Kier molecular flexibility index (Phi) is 4.47. The monoisotopic (exact) mass is 274 g/mol. The van der Waals surface area contributed by atoms with Crippen molar-refractivity contribution in [2.24, 2.45) is 5.84 Å². The van der Waals surface area contributed by atoms with Crippen LogP contribution in [0.15, 0.2) is 12.3 Å². The van der Waals surface area contributed by atoms with Gasteiger partial charge >= 0.3 is 0 Å². The molecule has 1 aliphatic heterocycles. The Morgan fingerprint density at radius 2 is 2.47 bits per heavy atom. The maximum atomic E-state index is 5.92. The van der Waals surface area contributed by atoms with E-state index in [9.17, 15) is 0 Å². The fourth-order valence-corrected chi connectivity index (χ4v) is 2.88. The third kappa shape index (κ3) is 3.02. The van der Waals surface area contributed by atoms with Gasteiger partial charge in [0.05, 0.1) is 23.8 Å². The molecule has 0 bridgehead atoms. The number of hydrogen-bond acceptors (Lipinski definition) is 6. The topological polar surface area (TPSA) is 86.2 Å². The van der Waals surface area contributed by atoms with Gasteiger partial charge in [-0.3, -0.25) is 11.3 Å². The molecule has 2 atom stereocenters. The van der Waals surface area contributed by atoms with Crippen molar-refractivity contribution in [2.75, 3.05) is 23.8 Å². The molecular weight excluding hydrogens is 260 g/mol. The van der Waals surface area contributed by atoms with E-state index in [4.69, 9.17) is 27.9 Å². The van der Waals surface area contributed by atoms with Crippen molar-refractivity contribution in [3.8, 4) is 0 Å². The number of nitrogens with two attached hydrogens (primary N) is 2. The Morgan fingerprint density at radius 3 is 3.12 bits per heavy atom. The zero-order chi connectivity index (χ0) is 12.3. The van der Waals surface area contributed by atoms with Crippen LogP contribution in [0.3, 0.4) is 0 Å². The van der Waals surface area contributed by atoms with E-state index in [1.165, 1.54) is 6.20 Å². The Morgan fingerprint density at radius 1 is 1.65 bits per heavy atom. The van der Waals surface area contributed by atoms with Gasteiger partial charge in [0.2, 0.25) is 0 Å². The third-order valence-corrected chi connectivity index (χ3v) is 3.87. The summed E-state index contributed by atoms with van der Waals surface area (Å²) >= 11 is 7.76. The SMILES string of the molecule is NNC(c1cc(Cl)cnc1N)C1CSCCO1. The van der Waals surface area contributed by atoms with Crippen LogP contribution in [0.1, 0.15) is 11.6 Å². The van der Waals surface area contributed by atoms with Gasteiger partial charge in [-0.2, -0.15) is 11.8 Å². The third-order valence-electron chi connectivity index (χ3n) is 2.64. The van der Waals surface area contributed by atoms with Crippen LogP contribution in [0.2, 0.25) is 5.02 Å². The number of pyridine rings is 1. The van der Waals surface area contributed by atoms with Crippen LogP contribution in [0.5, 0.6) is 0 Å². The number of ether oxygens (including phenoxy) is 1. The van der Waals surface area contributed by atoms with Gasteiger partial charge in [-0.1, -0.05) is 11.6 Å². The lowest BCUT2D eigenvalue weighted by Gasteiger charge is -2.30. The summed E-state index contributed by atoms with van der Waals surface area (Å²) in [6.45, 7) is 0.724. The first-order chi connectivity index (χ1) is 8.22. The molecule has 2 rings (SSSR count). The molecule has 0 amide bonds. The van der Waals surface area contributed by atoms with E-state index in [-0.39, 0.29) is 12.1 Å². The highest BCUT2D eigenvalue weighted by Gasteiger charge is 2.27. The Labute approximate surface area is 109 Å². The second-order valence-corrected chi connectivity index (χ2v) is 5.34. The van der Waals surface area contributed by atoms with E-state index < -0.39 is 0 Å². The van der Waals surface area contributed by atoms with Crippen LogP contribution in [-0.2, 0) is 4.74 Å². The van der Waals surface area contributed by atoms with Crippen molar-refractivity contribution in [2.45, 2.75) is 12.1 Å². The van der Waals surface area contributed by atoms with E-state index in [1.807, 2.05) is 11.8 Å². The molecule has 17 heavy (non-hydrogen) atoms. The largest absolute Gasteiger partial charge is 0.383 e. The molecule has 5 N–H and O–H groups in total. The summed E-state index contributed by atoms with van der Waals surface area (Å²) in [5.74, 6) is 7.90. The smallest absolute Gasteiger partial charge is 0.128 e. The van der Waals surface area contributed by atoms with Crippen LogP contribution >= 0.6 is 23.4 Å². The molecule has 1 saturated heterocycles. The maximum Gasteiger partial charge on any atom is 0.128 e. The summed E-state index contributed by atoms with van der Waals surface area (Å²) < 4.78 is 5.69. The van der Waals surface area contributed by atoms with Crippen molar-refractivity contribution in [3.05, 3.63) is 22.8 Å². The number of thioether (sulfide) groups is 1. The molecule has 5 nitrogen and oxygen atoms in total. The molecule has 7 heteroatoms. The van der Waals surface area contributed by atoms with Gasteiger partial charge in [-0.15, -0.1) is 0 Å².